The van der Waals surface area contributed by atoms with Crippen molar-refractivity contribution in [3.63, 3.8) is 0 Å². The van der Waals surface area contributed by atoms with Gasteiger partial charge in [0.1, 0.15) is 5.75 Å². The molecule has 2 rings (SSSR count). The van der Waals surface area contributed by atoms with E-state index >= 15 is 0 Å². The molecule has 0 bridgehead atoms. The highest BCUT2D eigenvalue weighted by Crippen LogP contribution is 2.31. The van der Waals surface area contributed by atoms with Gasteiger partial charge in [-0.2, -0.15) is 0 Å². The van der Waals surface area contributed by atoms with E-state index in [1.807, 2.05) is 30.3 Å². The van der Waals surface area contributed by atoms with Gasteiger partial charge in [-0.1, -0.05) is 42.5 Å². The number of nitrogens with two attached hydrogens (primary N) is 1. The Bertz CT molecular complexity index is 526. The number of hydrogen-bond donors (Lipinski definition) is 2. The van der Waals surface area contributed by atoms with Crippen LogP contribution in [0, 0.1) is 0 Å². The van der Waals surface area contributed by atoms with E-state index in [0.717, 1.165) is 35.3 Å². The number of rotatable bonds is 7. The molecule has 0 aliphatic heterocycles. The minimum atomic E-state index is 0.206. The van der Waals surface area contributed by atoms with Gasteiger partial charge in [0, 0.05) is 18.7 Å². The standard InChI is InChI=1S/C17H21NO2/c18-13-14-8-9-16(15-6-2-1-3-7-15)17(12-14)20-11-5-4-10-19/h1-3,6-9,12,19H,4-5,10-11,13,18H2. The predicted molar refractivity (Wildman–Crippen MR) is 81.6 cm³/mol. The molecule has 2 aromatic rings. The summed E-state index contributed by atoms with van der Waals surface area (Å²) in [6.07, 6.45) is 1.61. The molecule has 0 unspecified atom stereocenters. The summed E-state index contributed by atoms with van der Waals surface area (Å²) in [7, 11) is 0. The molecule has 3 heteroatoms. The van der Waals surface area contributed by atoms with Crippen molar-refractivity contribution in [2.24, 2.45) is 5.73 Å². The van der Waals surface area contributed by atoms with Crippen LogP contribution in [0.25, 0.3) is 11.1 Å². The fourth-order valence-electron chi connectivity index (χ4n) is 2.07. The van der Waals surface area contributed by atoms with E-state index in [2.05, 4.69) is 18.2 Å². The first-order valence-electron chi connectivity index (χ1n) is 6.97. The van der Waals surface area contributed by atoms with Gasteiger partial charge in [0.05, 0.1) is 6.61 Å². The van der Waals surface area contributed by atoms with E-state index in [-0.39, 0.29) is 6.61 Å². The molecule has 0 aliphatic carbocycles. The van der Waals surface area contributed by atoms with Crippen LogP contribution >= 0.6 is 0 Å². The summed E-state index contributed by atoms with van der Waals surface area (Å²) < 4.78 is 5.87. The molecule has 0 spiro atoms. The summed E-state index contributed by atoms with van der Waals surface area (Å²) in [6, 6.07) is 16.3. The summed E-state index contributed by atoms with van der Waals surface area (Å²) >= 11 is 0. The van der Waals surface area contributed by atoms with Crippen molar-refractivity contribution in [3.05, 3.63) is 54.1 Å². The van der Waals surface area contributed by atoms with Crippen molar-refractivity contribution in [2.45, 2.75) is 19.4 Å². The fraction of sp³-hybridized carbons (Fsp3) is 0.294. The first-order valence-corrected chi connectivity index (χ1v) is 6.97. The number of aliphatic hydroxyl groups excluding tert-OH is 1. The SMILES string of the molecule is NCc1ccc(-c2ccccc2)c(OCCCCO)c1. The van der Waals surface area contributed by atoms with E-state index in [0.29, 0.717) is 13.2 Å². The molecule has 0 atom stereocenters. The van der Waals surface area contributed by atoms with Crippen LogP contribution in [0.15, 0.2) is 48.5 Å². The van der Waals surface area contributed by atoms with Crippen LogP contribution < -0.4 is 10.5 Å². The Kier molecular flexibility index (Phi) is 5.59. The van der Waals surface area contributed by atoms with Crippen molar-refractivity contribution in [3.8, 4) is 16.9 Å². The second-order valence-corrected chi connectivity index (χ2v) is 4.68. The molecular weight excluding hydrogens is 250 g/mol. The third kappa shape index (κ3) is 3.83. The van der Waals surface area contributed by atoms with E-state index in [9.17, 15) is 0 Å². The third-order valence-electron chi connectivity index (χ3n) is 3.18. The smallest absolute Gasteiger partial charge is 0.127 e. The molecule has 0 aliphatic rings. The van der Waals surface area contributed by atoms with E-state index < -0.39 is 0 Å². The highest BCUT2D eigenvalue weighted by atomic mass is 16.5. The highest BCUT2D eigenvalue weighted by Gasteiger charge is 2.07. The quantitative estimate of drug-likeness (QED) is 0.761. The number of unbranched alkanes of at least 4 members (excludes halogenated alkanes) is 1. The van der Waals surface area contributed by atoms with Crippen molar-refractivity contribution in [2.75, 3.05) is 13.2 Å². The lowest BCUT2D eigenvalue weighted by atomic mass is 10.0. The number of benzene rings is 2. The molecule has 106 valence electrons. The lowest BCUT2D eigenvalue weighted by Crippen LogP contribution is -2.02. The maximum atomic E-state index is 8.81. The van der Waals surface area contributed by atoms with Crippen LogP contribution in [0.1, 0.15) is 18.4 Å². The van der Waals surface area contributed by atoms with Gasteiger partial charge in [-0.25, -0.2) is 0 Å². The highest BCUT2D eigenvalue weighted by molar-refractivity contribution is 5.70. The van der Waals surface area contributed by atoms with Crippen LogP contribution in [-0.4, -0.2) is 18.3 Å². The topological polar surface area (TPSA) is 55.5 Å². The Morgan fingerprint density at radius 2 is 1.80 bits per heavy atom. The first kappa shape index (κ1) is 14.6. The lowest BCUT2D eigenvalue weighted by Gasteiger charge is -2.13. The maximum absolute atomic E-state index is 8.81. The third-order valence-corrected chi connectivity index (χ3v) is 3.18. The summed E-state index contributed by atoms with van der Waals surface area (Å²) in [4.78, 5) is 0. The largest absolute Gasteiger partial charge is 0.493 e. The monoisotopic (exact) mass is 271 g/mol. The van der Waals surface area contributed by atoms with E-state index in [1.54, 1.807) is 0 Å². The van der Waals surface area contributed by atoms with Gasteiger partial charge in [0.25, 0.3) is 0 Å². The van der Waals surface area contributed by atoms with Gasteiger partial charge in [-0.05, 0) is 30.0 Å². The van der Waals surface area contributed by atoms with Gasteiger partial charge in [-0.15, -0.1) is 0 Å². The summed E-state index contributed by atoms with van der Waals surface area (Å²) in [5.41, 5.74) is 8.96. The number of ether oxygens (including phenoxy) is 1. The Hall–Kier alpha value is -1.84. The summed E-state index contributed by atoms with van der Waals surface area (Å²) in [5, 5.41) is 8.81. The molecular formula is C17H21NO2. The normalized spacial score (nSPS) is 10.5. The summed E-state index contributed by atoms with van der Waals surface area (Å²) in [6.45, 7) is 1.31. The van der Waals surface area contributed by atoms with Gasteiger partial charge in [-0.3, -0.25) is 0 Å². The van der Waals surface area contributed by atoms with Crippen molar-refractivity contribution >= 4 is 0 Å². The zero-order valence-electron chi connectivity index (χ0n) is 11.6. The van der Waals surface area contributed by atoms with Gasteiger partial charge < -0.3 is 15.6 Å². The first-order chi connectivity index (χ1) is 9.85. The molecule has 0 saturated carbocycles. The van der Waals surface area contributed by atoms with Crippen LogP contribution in [0.2, 0.25) is 0 Å². The van der Waals surface area contributed by atoms with Crippen molar-refractivity contribution in [1.82, 2.24) is 0 Å². The van der Waals surface area contributed by atoms with Gasteiger partial charge in [0.15, 0.2) is 0 Å². The van der Waals surface area contributed by atoms with Crippen LogP contribution in [0.4, 0.5) is 0 Å². The van der Waals surface area contributed by atoms with Crippen molar-refractivity contribution in [1.29, 1.82) is 0 Å². The fourth-order valence-corrected chi connectivity index (χ4v) is 2.07. The Labute approximate surface area is 120 Å². The minimum absolute atomic E-state index is 0.206. The zero-order chi connectivity index (χ0) is 14.2. The average molecular weight is 271 g/mol. The Morgan fingerprint density at radius 3 is 2.50 bits per heavy atom. The van der Waals surface area contributed by atoms with Crippen LogP contribution in [0.3, 0.4) is 0 Å². The maximum Gasteiger partial charge on any atom is 0.127 e. The molecule has 0 heterocycles. The molecule has 20 heavy (non-hydrogen) atoms. The molecule has 0 saturated heterocycles. The lowest BCUT2D eigenvalue weighted by molar-refractivity contribution is 0.253. The van der Waals surface area contributed by atoms with Crippen molar-refractivity contribution < 1.29 is 9.84 Å². The second kappa shape index (κ2) is 7.68. The van der Waals surface area contributed by atoms with E-state index in [1.165, 1.54) is 0 Å². The van der Waals surface area contributed by atoms with Crippen LogP contribution in [0.5, 0.6) is 5.75 Å². The molecule has 0 aromatic heterocycles. The molecule has 2 aromatic carbocycles. The Morgan fingerprint density at radius 1 is 1.00 bits per heavy atom. The van der Waals surface area contributed by atoms with Gasteiger partial charge in [0.2, 0.25) is 0 Å². The molecule has 0 radical (unpaired) electrons. The number of hydrogen-bond acceptors (Lipinski definition) is 3. The zero-order valence-corrected chi connectivity index (χ0v) is 11.6. The molecule has 3 N–H and O–H groups in total. The molecule has 3 nitrogen and oxygen atoms in total. The van der Waals surface area contributed by atoms with Crippen LogP contribution in [-0.2, 0) is 6.54 Å². The molecule has 0 amide bonds. The Balaban J connectivity index is 2.21. The average Bonchev–Trinajstić information content (AvgIpc) is 2.52. The van der Waals surface area contributed by atoms with E-state index in [4.69, 9.17) is 15.6 Å². The minimum Gasteiger partial charge on any atom is -0.493 e. The van der Waals surface area contributed by atoms with Gasteiger partial charge >= 0.3 is 0 Å². The number of aliphatic hydroxyl groups is 1. The second-order valence-electron chi connectivity index (χ2n) is 4.68. The molecule has 0 fully saturated rings. The summed E-state index contributed by atoms with van der Waals surface area (Å²) in [5.74, 6) is 0.858. The predicted octanol–water partition coefficient (Wildman–Crippen LogP) is 2.96.